The fourth-order valence-corrected chi connectivity index (χ4v) is 5.34. The second-order valence-corrected chi connectivity index (χ2v) is 9.52. The minimum absolute atomic E-state index is 0.107. The molecule has 9 heteroatoms. The van der Waals surface area contributed by atoms with Crippen molar-refractivity contribution in [3.63, 3.8) is 0 Å². The third-order valence-corrected chi connectivity index (χ3v) is 7.15. The van der Waals surface area contributed by atoms with Crippen molar-refractivity contribution in [2.24, 2.45) is 9.98 Å². The number of amides is 1. The smallest absolute Gasteiger partial charge is 0.264 e. The summed E-state index contributed by atoms with van der Waals surface area (Å²) in [6.45, 7) is 3.89. The van der Waals surface area contributed by atoms with E-state index in [4.69, 9.17) is 4.99 Å². The number of carbonyl (C=O) groups excluding carboxylic acids is 1. The highest BCUT2D eigenvalue weighted by atomic mass is 16.2. The first-order valence-electron chi connectivity index (χ1n) is 12.5. The predicted molar refractivity (Wildman–Crippen MR) is 151 cm³/mol. The zero-order valence-corrected chi connectivity index (χ0v) is 20.8. The first kappa shape index (κ1) is 22.2. The van der Waals surface area contributed by atoms with E-state index in [1.165, 1.54) is 6.33 Å². The van der Waals surface area contributed by atoms with Gasteiger partial charge in [-0.2, -0.15) is 0 Å². The molecule has 0 radical (unpaired) electrons. The number of fused-ring (bicyclic) bond motifs is 3. The maximum Gasteiger partial charge on any atom is 0.264 e. The number of hydrogen-bond donors (Lipinski definition) is 3. The van der Waals surface area contributed by atoms with Gasteiger partial charge in [0.15, 0.2) is 12.0 Å². The average molecular weight is 501 g/mol. The van der Waals surface area contributed by atoms with Crippen LogP contribution in [-0.2, 0) is 4.79 Å². The summed E-state index contributed by atoms with van der Waals surface area (Å²) in [5.74, 6) is 1.04. The number of nitrogens with one attached hydrogen (secondary N) is 3. The monoisotopic (exact) mass is 500 g/mol. The highest BCUT2D eigenvalue weighted by Gasteiger charge is 2.40. The van der Waals surface area contributed by atoms with Gasteiger partial charge in [-0.1, -0.05) is 30.3 Å². The van der Waals surface area contributed by atoms with Crippen LogP contribution in [0.5, 0.6) is 0 Å². The van der Waals surface area contributed by atoms with E-state index >= 15 is 0 Å². The fraction of sp³-hybridized carbons (Fsp3) is 0.138. The molecule has 0 aliphatic carbocycles. The Morgan fingerprint density at radius 1 is 1.00 bits per heavy atom. The molecule has 38 heavy (non-hydrogen) atoms. The fourth-order valence-electron chi connectivity index (χ4n) is 5.34. The molecule has 2 aliphatic rings. The Bertz CT molecular complexity index is 1810. The largest absolute Gasteiger partial charge is 0.363 e. The maximum absolute atomic E-state index is 13.7. The van der Waals surface area contributed by atoms with Gasteiger partial charge in [0.2, 0.25) is 0 Å². The molecule has 9 nitrogen and oxygen atoms in total. The molecule has 1 unspecified atom stereocenters. The van der Waals surface area contributed by atoms with Crippen molar-refractivity contribution < 1.29 is 4.79 Å². The molecule has 0 saturated carbocycles. The SMILES string of the molecule is CC1=C2C(=O)N(c3ccccc3)[C@@H](C(C)Nc3ncnc4[nH]cc(-c5cccc6[nH]ccc56)c34)N=C2N=C1. The quantitative estimate of drug-likeness (QED) is 0.312. The lowest BCUT2D eigenvalue weighted by atomic mass is 10.0. The van der Waals surface area contributed by atoms with Gasteiger partial charge in [-0.05, 0) is 49.2 Å². The predicted octanol–water partition coefficient (Wildman–Crippen LogP) is 5.08. The highest BCUT2D eigenvalue weighted by Crippen LogP contribution is 2.37. The lowest BCUT2D eigenvalue weighted by Crippen LogP contribution is -2.52. The van der Waals surface area contributed by atoms with Crippen LogP contribution in [0.4, 0.5) is 11.5 Å². The number of nitrogens with zero attached hydrogens (tertiary/aromatic N) is 5. The second-order valence-electron chi connectivity index (χ2n) is 9.52. The van der Waals surface area contributed by atoms with Crippen LogP contribution in [0.3, 0.4) is 0 Å². The van der Waals surface area contributed by atoms with Crippen molar-refractivity contribution in [3.05, 3.63) is 84.5 Å². The van der Waals surface area contributed by atoms with Gasteiger partial charge in [0.05, 0.1) is 17.0 Å². The van der Waals surface area contributed by atoms with Gasteiger partial charge in [-0.15, -0.1) is 0 Å². The van der Waals surface area contributed by atoms with Crippen LogP contribution >= 0.6 is 0 Å². The van der Waals surface area contributed by atoms with E-state index in [2.05, 4.69) is 48.4 Å². The number of aliphatic imine (C=N–C) groups is 2. The van der Waals surface area contributed by atoms with Gasteiger partial charge in [-0.25, -0.2) is 20.0 Å². The third kappa shape index (κ3) is 3.36. The normalized spacial score (nSPS) is 17.8. The molecular weight excluding hydrogens is 476 g/mol. The molecular formula is C29H24N8O. The summed E-state index contributed by atoms with van der Waals surface area (Å²) in [6, 6.07) is 17.6. The maximum atomic E-state index is 13.7. The van der Waals surface area contributed by atoms with Crippen LogP contribution < -0.4 is 10.2 Å². The molecule has 0 bridgehead atoms. The summed E-state index contributed by atoms with van der Waals surface area (Å²) < 4.78 is 0. The summed E-state index contributed by atoms with van der Waals surface area (Å²) >= 11 is 0. The number of H-pyrrole nitrogens is 2. The van der Waals surface area contributed by atoms with Crippen molar-refractivity contribution >= 4 is 51.4 Å². The van der Waals surface area contributed by atoms with Crippen LogP contribution in [0, 0.1) is 0 Å². The summed E-state index contributed by atoms with van der Waals surface area (Å²) in [5, 5.41) is 5.55. The number of allylic oxidation sites excluding steroid dienone is 1. The highest BCUT2D eigenvalue weighted by molar-refractivity contribution is 6.33. The van der Waals surface area contributed by atoms with Crippen molar-refractivity contribution in [1.82, 2.24) is 19.9 Å². The van der Waals surface area contributed by atoms with E-state index in [1.54, 1.807) is 11.1 Å². The van der Waals surface area contributed by atoms with Crippen LogP contribution in [0.1, 0.15) is 13.8 Å². The lowest BCUT2D eigenvalue weighted by Gasteiger charge is -2.37. The molecule has 0 spiro atoms. The molecule has 7 rings (SSSR count). The molecule has 2 aromatic carbocycles. The van der Waals surface area contributed by atoms with E-state index in [0.29, 0.717) is 17.2 Å². The molecule has 1 amide bonds. The van der Waals surface area contributed by atoms with Crippen molar-refractivity contribution in [1.29, 1.82) is 0 Å². The Balaban J connectivity index is 1.32. The minimum atomic E-state index is -0.535. The van der Waals surface area contributed by atoms with Gasteiger partial charge in [-0.3, -0.25) is 9.69 Å². The molecule has 2 atom stereocenters. The first-order valence-corrected chi connectivity index (χ1v) is 12.5. The van der Waals surface area contributed by atoms with Crippen LogP contribution in [0.2, 0.25) is 0 Å². The summed E-state index contributed by atoms with van der Waals surface area (Å²) in [5.41, 5.74) is 6.00. The van der Waals surface area contributed by atoms with E-state index < -0.39 is 6.17 Å². The lowest BCUT2D eigenvalue weighted by molar-refractivity contribution is -0.115. The minimum Gasteiger partial charge on any atom is -0.363 e. The Morgan fingerprint density at radius 2 is 1.87 bits per heavy atom. The van der Waals surface area contributed by atoms with E-state index in [0.717, 1.165) is 44.3 Å². The number of carbonyl (C=O) groups is 1. The number of rotatable bonds is 5. The number of aromatic amines is 2. The number of benzene rings is 2. The number of aromatic nitrogens is 4. The third-order valence-electron chi connectivity index (χ3n) is 7.15. The molecule has 0 fully saturated rings. The Labute approximate surface area is 218 Å². The summed E-state index contributed by atoms with van der Waals surface area (Å²) in [4.78, 5) is 40.5. The summed E-state index contributed by atoms with van der Waals surface area (Å²) in [6.07, 6.45) is 6.61. The number of anilines is 2. The average Bonchev–Trinajstić information content (AvgIpc) is 3.68. The molecule has 5 heterocycles. The van der Waals surface area contributed by atoms with Crippen LogP contribution in [0.25, 0.3) is 33.1 Å². The van der Waals surface area contributed by atoms with Gasteiger partial charge < -0.3 is 15.3 Å². The molecule has 186 valence electrons. The topological polar surface area (TPSA) is 114 Å². The number of hydrogen-bond acceptors (Lipinski definition) is 6. The zero-order valence-electron chi connectivity index (χ0n) is 20.8. The van der Waals surface area contributed by atoms with Crippen LogP contribution in [-0.4, -0.2) is 50.1 Å². The van der Waals surface area contributed by atoms with Gasteiger partial charge >= 0.3 is 0 Å². The van der Waals surface area contributed by atoms with Gasteiger partial charge in [0.1, 0.15) is 17.8 Å². The zero-order chi connectivity index (χ0) is 25.8. The van der Waals surface area contributed by atoms with Gasteiger partial charge in [0, 0.05) is 40.8 Å². The number of para-hydroxylation sites is 1. The van der Waals surface area contributed by atoms with E-state index in [-0.39, 0.29) is 11.9 Å². The molecule has 3 aromatic heterocycles. The Kier molecular flexibility index (Phi) is 4.97. The van der Waals surface area contributed by atoms with E-state index in [1.807, 2.05) is 62.6 Å². The molecule has 2 aliphatic heterocycles. The molecule has 0 saturated heterocycles. The Morgan fingerprint density at radius 3 is 2.74 bits per heavy atom. The molecule has 3 N–H and O–H groups in total. The Hall–Kier alpha value is -5.05. The van der Waals surface area contributed by atoms with Crippen molar-refractivity contribution in [2.45, 2.75) is 26.1 Å². The van der Waals surface area contributed by atoms with Gasteiger partial charge in [0.25, 0.3) is 5.91 Å². The number of amidine groups is 1. The second kappa shape index (κ2) is 8.52. The summed E-state index contributed by atoms with van der Waals surface area (Å²) in [7, 11) is 0. The van der Waals surface area contributed by atoms with Crippen LogP contribution in [0.15, 0.2) is 94.4 Å². The first-order chi connectivity index (χ1) is 18.6. The van der Waals surface area contributed by atoms with E-state index in [9.17, 15) is 4.79 Å². The van der Waals surface area contributed by atoms with Crippen molar-refractivity contribution in [2.75, 3.05) is 10.2 Å². The van der Waals surface area contributed by atoms with Crippen molar-refractivity contribution in [3.8, 4) is 11.1 Å². The standard InChI is InChI=1S/C29H24N8O/c1-16-13-31-26-23(16)29(38)37(18-7-4-3-5-8-18)28(36-26)17(2)35-27-24-21(14-32-25(24)33-15-34-27)19-9-6-10-22-20(19)11-12-30-22/h3-15,17,28,30H,1-2H3,(H2,32,33,34,35)/t17?,28-/m0/s1. The molecule has 5 aromatic rings.